The molecule has 36 heavy (non-hydrogen) atoms. The Labute approximate surface area is 209 Å². The fourth-order valence-corrected chi connectivity index (χ4v) is 4.76. The zero-order chi connectivity index (χ0) is 25.1. The van der Waals surface area contributed by atoms with Crippen molar-refractivity contribution in [1.82, 2.24) is 30.1 Å². The Morgan fingerprint density at radius 3 is 2.58 bits per heavy atom. The van der Waals surface area contributed by atoms with Gasteiger partial charge in [-0.1, -0.05) is 49.4 Å². The van der Waals surface area contributed by atoms with E-state index in [2.05, 4.69) is 57.5 Å². The number of aryl methyl sites for hydroxylation is 2. The SMILES string of the molecule is CCC(c1nnnn1Cc1ccccc1)N(Cc1ccco1)Cc1cc2c(C)ccc(C)c2[nH]c1=O. The summed E-state index contributed by atoms with van der Waals surface area (Å²) in [5.41, 5.74) is 4.81. The average Bonchev–Trinajstić information content (AvgIpc) is 3.56. The molecule has 1 atom stereocenters. The molecule has 3 aromatic heterocycles. The Balaban J connectivity index is 1.53. The molecular weight excluding hydrogens is 452 g/mol. The zero-order valence-corrected chi connectivity index (χ0v) is 20.8. The van der Waals surface area contributed by atoms with Crippen LogP contribution < -0.4 is 5.56 Å². The van der Waals surface area contributed by atoms with Gasteiger partial charge in [-0.2, -0.15) is 0 Å². The third-order valence-electron chi connectivity index (χ3n) is 6.69. The summed E-state index contributed by atoms with van der Waals surface area (Å²) < 4.78 is 7.53. The van der Waals surface area contributed by atoms with E-state index in [1.165, 1.54) is 0 Å². The number of hydrogen-bond donors (Lipinski definition) is 1. The van der Waals surface area contributed by atoms with Gasteiger partial charge in [0.05, 0.1) is 30.9 Å². The van der Waals surface area contributed by atoms with Crippen LogP contribution in [0.2, 0.25) is 0 Å². The van der Waals surface area contributed by atoms with Crippen LogP contribution in [-0.4, -0.2) is 30.1 Å². The lowest BCUT2D eigenvalue weighted by Gasteiger charge is -2.29. The standard InChI is InChI=1S/C28H30N6O2/c1-4-25(27-30-31-32-34(27)16-21-9-6-5-7-10-21)33(18-23-11-8-14-36-23)17-22-15-24-19(2)12-13-20(3)26(24)29-28(22)35/h5-15,25H,4,16-18H2,1-3H3,(H,29,35). The summed E-state index contributed by atoms with van der Waals surface area (Å²) >= 11 is 0. The summed E-state index contributed by atoms with van der Waals surface area (Å²) in [5, 5.41) is 13.8. The first-order valence-corrected chi connectivity index (χ1v) is 12.2. The number of H-pyrrole nitrogens is 1. The molecule has 1 unspecified atom stereocenters. The van der Waals surface area contributed by atoms with Crippen LogP contribution in [-0.2, 0) is 19.6 Å². The summed E-state index contributed by atoms with van der Waals surface area (Å²) in [5.74, 6) is 1.58. The van der Waals surface area contributed by atoms with Crippen molar-refractivity contribution in [2.75, 3.05) is 0 Å². The van der Waals surface area contributed by atoms with Gasteiger partial charge in [-0.3, -0.25) is 9.69 Å². The Morgan fingerprint density at radius 1 is 1.03 bits per heavy atom. The van der Waals surface area contributed by atoms with Crippen LogP contribution in [0.25, 0.3) is 10.9 Å². The van der Waals surface area contributed by atoms with Crippen molar-refractivity contribution in [3.05, 3.63) is 111 Å². The highest BCUT2D eigenvalue weighted by molar-refractivity contribution is 5.85. The van der Waals surface area contributed by atoms with Crippen molar-refractivity contribution >= 4 is 10.9 Å². The molecule has 3 heterocycles. The molecule has 0 radical (unpaired) electrons. The van der Waals surface area contributed by atoms with Gasteiger partial charge < -0.3 is 9.40 Å². The molecule has 184 valence electrons. The predicted molar refractivity (Wildman–Crippen MR) is 138 cm³/mol. The van der Waals surface area contributed by atoms with Crippen molar-refractivity contribution < 1.29 is 4.42 Å². The van der Waals surface area contributed by atoms with E-state index < -0.39 is 0 Å². The minimum absolute atomic E-state index is 0.0839. The molecule has 0 saturated carbocycles. The molecule has 5 aromatic rings. The summed E-state index contributed by atoms with van der Waals surface area (Å²) in [4.78, 5) is 18.5. The first kappa shape index (κ1) is 23.7. The molecule has 0 aliphatic heterocycles. The predicted octanol–water partition coefficient (Wildman–Crippen LogP) is 4.93. The lowest BCUT2D eigenvalue weighted by molar-refractivity contribution is 0.149. The molecule has 0 bridgehead atoms. The van der Waals surface area contributed by atoms with E-state index in [0.29, 0.717) is 25.2 Å². The molecule has 0 amide bonds. The minimum Gasteiger partial charge on any atom is -0.468 e. The fourth-order valence-electron chi connectivity index (χ4n) is 4.76. The summed E-state index contributed by atoms with van der Waals surface area (Å²) in [6.45, 7) is 7.71. The van der Waals surface area contributed by atoms with Crippen molar-refractivity contribution in [3.63, 3.8) is 0 Å². The molecule has 5 rings (SSSR count). The van der Waals surface area contributed by atoms with Crippen LogP contribution in [0.1, 0.15) is 53.2 Å². The first-order valence-electron chi connectivity index (χ1n) is 12.2. The molecule has 0 fully saturated rings. The van der Waals surface area contributed by atoms with Gasteiger partial charge in [-0.05, 0) is 65.6 Å². The highest BCUT2D eigenvalue weighted by atomic mass is 16.3. The lowest BCUT2D eigenvalue weighted by Crippen LogP contribution is -2.32. The van der Waals surface area contributed by atoms with Gasteiger partial charge >= 0.3 is 0 Å². The molecule has 0 aliphatic carbocycles. The molecule has 0 aliphatic rings. The molecule has 1 N–H and O–H groups in total. The van der Waals surface area contributed by atoms with Gasteiger partial charge in [-0.25, -0.2) is 4.68 Å². The Morgan fingerprint density at radius 2 is 1.83 bits per heavy atom. The number of aromatic nitrogens is 5. The number of hydrogen-bond acceptors (Lipinski definition) is 6. The maximum Gasteiger partial charge on any atom is 0.252 e. The zero-order valence-electron chi connectivity index (χ0n) is 20.8. The number of furan rings is 1. The van der Waals surface area contributed by atoms with E-state index in [9.17, 15) is 4.79 Å². The molecule has 0 spiro atoms. The highest BCUT2D eigenvalue weighted by Gasteiger charge is 2.27. The van der Waals surface area contributed by atoms with E-state index in [1.54, 1.807) is 6.26 Å². The average molecular weight is 483 g/mol. The van der Waals surface area contributed by atoms with E-state index in [1.807, 2.05) is 54.1 Å². The van der Waals surface area contributed by atoms with E-state index >= 15 is 0 Å². The lowest BCUT2D eigenvalue weighted by atomic mass is 10.0. The van der Waals surface area contributed by atoms with E-state index in [-0.39, 0.29) is 11.6 Å². The largest absolute Gasteiger partial charge is 0.468 e. The third-order valence-corrected chi connectivity index (χ3v) is 6.69. The van der Waals surface area contributed by atoms with Crippen molar-refractivity contribution in [2.24, 2.45) is 0 Å². The highest BCUT2D eigenvalue weighted by Crippen LogP contribution is 2.28. The van der Waals surface area contributed by atoms with Crippen molar-refractivity contribution in [1.29, 1.82) is 0 Å². The van der Waals surface area contributed by atoms with E-state index in [4.69, 9.17) is 4.42 Å². The van der Waals surface area contributed by atoms with Crippen molar-refractivity contribution in [2.45, 2.75) is 52.9 Å². The molecular formula is C28H30N6O2. The molecule has 0 saturated heterocycles. The van der Waals surface area contributed by atoms with Gasteiger partial charge in [0.15, 0.2) is 5.82 Å². The van der Waals surface area contributed by atoms with E-state index in [0.717, 1.165) is 45.6 Å². The van der Waals surface area contributed by atoms with Crippen LogP contribution in [0.15, 0.2) is 76.1 Å². The number of aromatic amines is 1. The first-order chi connectivity index (χ1) is 17.5. The number of tetrazole rings is 1. The minimum atomic E-state index is -0.123. The summed E-state index contributed by atoms with van der Waals surface area (Å²) in [7, 11) is 0. The van der Waals surface area contributed by atoms with Crippen LogP contribution in [0.4, 0.5) is 0 Å². The van der Waals surface area contributed by atoms with Gasteiger partial charge in [0.1, 0.15) is 5.76 Å². The number of fused-ring (bicyclic) bond motifs is 1. The summed E-state index contributed by atoms with van der Waals surface area (Å²) in [6.07, 6.45) is 2.43. The van der Waals surface area contributed by atoms with Crippen LogP contribution >= 0.6 is 0 Å². The third kappa shape index (κ3) is 4.85. The topological polar surface area (TPSA) is 92.8 Å². The number of pyridine rings is 1. The Bertz CT molecular complexity index is 1500. The number of benzene rings is 2. The monoisotopic (exact) mass is 482 g/mol. The second-order valence-electron chi connectivity index (χ2n) is 9.20. The van der Waals surface area contributed by atoms with Crippen LogP contribution in [0.3, 0.4) is 0 Å². The molecule has 2 aromatic carbocycles. The number of rotatable bonds is 9. The summed E-state index contributed by atoms with van der Waals surface area (Å²) in [6, 6.07) is 20.0. The fraction of sp³-hybridized carbons (Fsp3) is 0.286. The Kier molecular flexibility index (Phi) is 6.77. The molecule has 8 heteroatoms. The quantitative estimate of drug-likeness (QED) is 0.320. The van der Waals surface area contributed by atoms with Gasteiger partial charge in [0, 0.05) is 17.5 Å². The second-order valence-corrected chi connectivity index (χ2v) is 9.20. The maximum atomic E-state index is 13.2. The molecule has 8 nitrogen and oxygen atoms in total. The maximum absolute atomic E-state index is 13.2. The number of nitrogens with zero attached hydrogens (tertiary/aromatic N) is 5. The Hall–Kier alpha value is -4.04. The van der Waals surface area contributed by atoms with Crippen molar-refractivity contribution in [3.8, 4) is 0 Å². The van der Waals surface area contributed by atoms with Gasteiger partial charge in [0.25, 0.3) is 5.56 Å². The second kappa shape index (κ2) is 10.3. The van der Waals surface area contributed by atoms with Crippen LogP contribution in [0, 0.1) is 13.8 Å². The number of nitrogens with one attached hydrogen (secondary N) is 1. The van der Waals surface area contributed by atoms with Gasteiger partial charge in [-0.15, -0.1) is 5.10 Å². The van der Waals surface area contributed by atoms with Gasteiger partial charge in [0.2, 0.25) is 0 Å². The normalized spacial score (nSPS) is 12.4. The van der Waals surface area contributed by atoms with Crippen LogP contribution in [0.5, 0.6) is 0 Å². The smallest absolute Gasteiger partial charge is 0.252 e.